The van der Waals surface area contributed by atoms with E-state index in [1.807, 2.05) is 18.2 Å². The number of aryl methyl sites for hydroxylation is 1. The van der Waals surface area contributed by atoms with E-state index in [1.165, 1.54) is 17.7 Å². The van der Waals surface area contributed by atoms with Crippen molar-refractivity contribution < 1.29 is 22.7 Å². The third-order valence-corrected chi connectivity index (χ3v) is 7.15. The van der Waals surface area contributed by atoms with Gasteiger partial charge in [0.2, 0.25) is 16.8 Å². The van der Waals surface area contributed by atoms with Crippen molar-refractivity contribution in [3.8, 4) is 11.5 Å². The average Bonchev–Trinajstić information content (AvgIpc) is 3.44. The van der Waals surface area contributed by atoms with Gasteiger partial charge in [0, 0.05) is 12.1 Å². The van der Waals surface area contributed by atoms with Crippen molar-refractivity contribution in [1.29, 1.82) is 0 Å². The lowest BCUT2D eigenvalue weighted by Gasteiger charge is -2.15. The van der Waals surface area contributed by atoms with Crippen molar-refractivity contribution in [3.05, 3.63) is 89.0 Å². The number of benzene rings is 3. The highest BCUT2D eigenvalue weighted by Crippen LogP contribution is 2.33. The minimum absolute atomic E-state index is 0.0396. The number of nitrogens with one attached hydrogen (secondary N) is 2. The van der Waals surface area contributed by atoms with Crippen LogP contribution < -0.4 is 19.5 Å². The van der Waals surface area contributed by atoms with Crippen LogP contribution in [-0.4, -0.2) is 21.1 Å². The van der Waals surface area contributed by atoms with E-state index in [9.17, 15) is 13.2 Å². The molecule has 2 N–H and O–H groups in total. The Labute approximate surface area is 186 Å². The minimum atomic E-state index is -3.81. The van der Waals surface area contributed by atoms with Crippen LogP contribution in [0.25, 0.3) is 0 Å². The highest BCUT2D eigenvalue weighted by molar-refractivity contribution is 7.89. The van der Waals surface area contributed by atoms with Gasteiger partial charge in [-0.05, 0) is 59.9 Å². The molecule has 1 aliphatic heterocycles. The summed E-state index contributed by atoms with van der Waals surface area (Å²) >= 11 is 0. The first-order valence-corrected chi connectivity index (χ1v) is 11.8. The van der Waals surface area contributed by atoms with Gasteiger partial charge in [0.15, 0.2) is 11.5 Å². The first-order valence-electron chi connectivity index (χ1n) is 10.4. The van der Waals surface area contributed by atoms with E-state index in [0.717, 1.165) is 24.0 Å². The molecule has 1 amide bonds. The number of sulfonamides is 1. The molecular weight excluding hydrogens is 428 g/mol. The average molecular weight is 451 g/mol. The maximum Gasteiger partial charge on any atom is 0.251 e. The molecule has 0 fully saturated rings. The molecule has 0 bridgehead atoms. The van der Waals surface area contributed by atoms with E-state index in [-0.39, 0.29) is 30.2 Å². The normalized spacial score (nSPS) is 16.6. The Bertz CT molecular complexity index is 1290. The summed E-state index contributed by atoms with van der Waals surface area (Å²) in [7, 11) is -3.81. The summed E-state index contributed by atoms with van der Waals surface area (Å²) in [4.78, 5) is 12.9. The summed E-state index contributed by atoms with van der Waals surface area (Å²) in [6.07, 6.45) is 1.75. The predicted octanol–water partition coefficient (Wildman–Crippen LogP) is 3.31. The lowest BCUT2D eigenvalue weighted by atomic mass is 10.1. The predicted molar refractivity (Wildman–Crippen MR) is 118 cm³/mol. The third kappa shape index (κ3) is 4.06. The van der Waals surface area contributed by atoms with Crippen LogP contribution in [0, 0.1) is 0 Å². The summed E-state index contributed by atoms with van der Waals surface area (Å²) < 4.78 is 38.8. The lowest BCUT2D eigenvalue weighted by molar-refractivity contribution is 0.0936. The maximum absolute atomic E-state index is 12.8. The summed E-state index contributed by atoms with van der Waals surface area (Å²) in [6, 6.07) is 19.3. The van der Waals surface area contributed by atoms with E-state index in [1.54, 1.807) is 30.3 Å². The van der Waals surface area contributed by atoms with E-state index >= 15 is 0 Å². The van der Waals surface area contributed by atoms with Gasteiger partial charge >= 0.3 is 0 Å². The largest absolute Gasteiger partial charge is 0.454 e. The van der Waals surface area contributed by atoms with Crippen LogP contribution in [0.15, 0.2) is 71.6 Å². The molecule has 0 radical (unpaired) electrons. The number of carbonyl (C=O) groups excluding carboxylic acids is 1. The molecule has 32 heavy (non-hydrogen) atoms. The first kappa shape index (κ1) is 20.5. The van der Waals surface area contributed by atoms with Crippen LogP contribution in [0.3, 0.4) is 0 Å². The molecule has 0 spiro atoms. The SMILES string of the molecule is O=C(N[C@@H]1CCc2ccccc21)c1cccc(S(=O)(=O)NCc2ccc3c(c2)OCO3)c1. The summed E-state index contributed by atoms with van der Waals surface area (Å²) in [5, 5.41) is 3.03. The first-order chi connectivity index (χ1) is 15.5. The Morgan fingerprint density at radius 2 is 1.81 bits per heavy atom. The Morgan fingerprint density at radius 1 is 0.969 bits per heavy atom. The molecule has 0 saturated heterocycles. The van der Waals surface area contributed by atoms with E-state index in [0.29, 0.717) is 17.1 Å². The van der Waals surface area contributed by atoms with Crippen LogP contribution in [0.2, 0.25) is 0 Å². The minimum Gasteiger partial charge on any atom is -0.454 e. The zero-order chi connectivity index (χ0) is 22.1. The molecule has 0 unspecified atom stereocenters. The molecule has 3 aromatic rings. The van der Waals surface area contributed by atoms with Crippen LogP contribution in [0.4, 0.5) is 0 Å². The molecular formula is C24H22N2O5S. The van der Waals surface area contributed by atoms with Crippen LogP contribution >= 0.6 is 0 Å². The highest BCUT2D eigenvalue weighted by atomic mass is 32.2. The Kier molecular flexibility index (Phi) is 5.32. The monoisotopic (exact) mass is 450 g/mol. The number of carbonyl (C=O) groups is 1. The molecule has 7 nitrogen and oxygen atoms in total. The van der Waals surface area contributed by atoms with E-state index in [2.05, 4.69) is 16.1 Å². The van der Waals surface area contributed by atoms with Crippen molar-refractivity contribution in [2.24, 2.45) is 0 Å². The molecule has 164 valence electrons. The number of rotatable bonds is 6. The van der Waals surface area contributed by atoms with Crippen molar-refractivity contribution in [2.45, 2.75) is 30.3 Å². The molecule has 8 heteroatoms. The van der Waals surface area contributed by atoms with Crippen molar-refractivity contribution in [3.63, 3.8) is 0 Å². The second kappa shape index (κ2) is 8.29. The standard InChI is InChI=1S/C24H22N2O5S/c27-24(26-21-10-9-17-4-1-2-7-20(17)21)18-5-3-6-19(13-18)32(28,29)25-14-16-8-11-22-23(12-16)31-15-30-22/h1-8,11-13,21,25H,9-10,14-15H2,(H,26,27)/t21-/m1/s1. The smallest absolute Gasteiger partial charge is 0.251 e. The quantitative estimate of drug-likeness (QED) is 0.601. The van der Waals surface area contributed by atoms with Gasteiger partial charge in [-0.1, -0.05) is 36.4 Å². The van der Waals surface area contributed by atoms with Crippen molar-refractivity contribution in [2.75, 3.05) is 6.79 Å². The fraction of sp³-hybridized carbons (Fsp3) is 0.208. The fourth-order valence-electron chi connectivity index (χ4n) is 4.07. The number of hydrogen-bond donors (Lipinski definition) is 2. The van der Waals surface area contributed by atoms with E-state index in [4.69, 9.17) is 9.47 Å². The van der Waals surface area contributed by atoms with Gasteiger partial charge in [-0.2, -0.15) is 0 Å². The van der Waals surface area contributed by atoms with Gasteiger partial charge in [-0.3, -0.25) is 4.79 Å². The van der Waals surface area contributed by atoms with Gasteiger partial charge in [-0.25, -0.2) is 13.1 Å². The highest BCUT2D eigenvalue weighted by Gasteiger charge is 2.24. The number of amides is 1. The molecule has 5 rings (SSSR count). The second-order valence-corrected chi connectivity index (χ2v) is 9.57. The van der Waals surface area contributed by atoms with Gasteiger partial charge in [-0.15, -0.1) is 0 Å². The van der Waals surface area contributed by atoms with Gasteiger partial charge in [0.25, 0.3) is 5.91 Å². The molecule has 0 aromatic heterocycles. The lowest BCUT2D eigenvalue weighted by Crippen LogP contribution is -2.28. The van der Waals surface area contributed by atoms with Crippen LogP contribution in [0.1, 0.15) is 39.5 Å². The second-order valence-electron chi connectivity index (χ2n) is 7.80. The molecule has 1 aliphatic carbocycles. The van der Waals surface area contributed by atoms with Crippen molar-refractivity contribution >= 4 is 15.9 Å². The van der Waals surface area contributed by atoms with Gasteiger partial charge in [0.05, 0.1) is 10.9 Å². The maximum atomic E-state index is 12.8. The number of ether oxygens (including phenoxy) is 2. The summed E-state index contributed by atoms with van der Waals surface area (Å²) in [6.45, 7) is 0.250. The molecule has 2 aliphatic rings. The zero-order valence-corrected chi connectivity index (χ0v) is 18.0. The summed E-state index contributed by atoms with van der Waals surface area (Å²) in [5.74, 6) is 0.939. The van der Waals surface area contributed by atoms with Gasteiger partial charge in [0.1, 0.15) is 0 Å². The molecule has 1 atom stereocenters. The van der Waals surface area contributed by atoms with Crippen LogP contribution in [-0.2, 0) is 23.0 Å². The fourth-order valence-corrected chi connectivity index (χ4v) is 5.13. The van der Waals surface area contributed by atoms with Gasteiger partial charge < -0.3 is 14.8 Å². The Morgan fingerprint density at radius 3 is 2.72 bits per heavy atom. The summed E-state index contributed by atoms with van der Waals surface area (Å²) in [5.41, 5.74) is 3.41. The zero-order valence-electron chi connectivity index (χ0n) is 17.2. The Balaban J connectivity index is 1.28. The van der Waals surface area contributed by atoms with Crippen LogP contribution in [0.5, 0.6) is 11.5 Å². The molecule has 3 aromatic carbocycles. The Hall–Kier alpha value is -3.36. The number of fused-ring (bicyclic) bond motifs is 2. The third-order valence-electron chi connectivity index (χ3n) is 5.75. The van der Waals surface area contributed by atoms with Crippen molar-refractivity contribution in [1.82, 2.24) is 10.0 Å². The molecule has 0 saturated carbocycles. The molecule has 1 heterocycles. The number of hydrogen-bond acceptors (Lipinski definition) is 5. The topological polar surface area (TPSA) is 93.7 Å². The van der Waals surface area contributed by atoms with E-state index < -0.39 is 10.0 Å².